The summed E-state index contributed by atoms with van der Waals surface area (Å²) in [5.74, 6) is 0.309. The number of benzene rings is 1. The molecule has 0 aliphatic carbocycles. The Hall–Kier alpha value is -0.850. The summed E-state index contributed by atoms with van der Waals surface area (Å²) in [6.45, 7) is 5.53. The Morgan fingerprint density at radius 3 is 2.58 bits per heavy atom. The first-order chi connectivity index (χ1) is 8.99. The van der Waals surface area contributed by atoms with Gasteiger partial charge in [0, 0.05) is 6.54 Å². The van der Waals surface area contributed by atoms with Crippen LogP contribution in [-0.4, -0.2) is 23.7 Å². The number of aliphatic hydroxyl groups is 1. The van der Waals surface area contributed by atoms with Crippen molar-refractivity contribution in [1.82, 2.24) is 5.32 Å². The van der Waals surface area contributed by atoms with Gasteiger partial charge in [0.1, 0.15) is 5.75 Å². The minimum atomic E-state index is -0.632. The van der Waals surface area contributed by atoms with Gasteiger partial charge in [0.15, 0.2) is 6.10 Å². The number of aliphatic hydroxyl groups excluding tert-OH is 1. The maximum atomic E-state index is 11.7. The number of ether oxygens (including phenoxy) is 1. The summed E-state index contributed by atoms with van der Waals surface area (Å²) in [5, 5.41) is 11.7. The molecule has 1 rings (SSSR count). The molecule has 0 saturated heterocycles. The summed E-state index contributed by atoms with van der Waals surface area (Å²) in [6.07, 6.45) is 0.972. The predicted octanol–water partition coefficient (Wildman–Crippen LogP) is 2.77. The van der Waals surface area contributed by atoms with Crippen molar-refractivity contribution < 1.29 is 14.6 Å². The van der Waals surface area contributed by atoms with Gasteiger partial charge in [0.25, 0.3) is 5.91 Å². The highest BCUT2D eigenvalue weighted by atomic mass is 79.9. The van der Waals surface area contributed by atoms with E-state index in [1.165, 1.54) is 0 Å². The van der Waals surface area contributed by atoms with E-state index in [4.69, 9.17) is 9.84 Å². The molecule has 0 aliphatic rings. The van der Waals surface area contributed by atoms with Crippen LogP contribution in [0.4, 0.5) is 0 Å². The number of hydrogen-bond acceptors (Lipinski definition) is 3. The molecular formula is C13H15Br2NO3. The van der Waals surface area contributed by atoms with Crippen molar-refractivity contribution in [3.8, 4) is 5.75 Å². The van der Waals surface area contributed by atoms with Gasteiger partial charge in [-0.2, -0.15) is 0 Å². The van der Waals surface area contributed by atoms with Crippen molar-refractivity contribution in [3.63, 3.8) is 0 Å². The van der Waals surface area contributed by atoms with Gasteiger partial charge < -0.3 is 15.2 Å². The van der Waals surface area contributed by atoms with Gasteiger partial charge in [-0.15, -0.1) is 6.58 Å². The molecule has 104 valence electrons. The van der Waals surface area contributed by atoms with Crippen LogP contribution >= 0.6 is 31.9 Å². The average molecular weight is 393 g/mol. The van der Waals surface area contributed by atoms with Crippen LogP contribution in [0.5, 0.6) is 5.75 Å². The van der Waals surface area contributed by atoms with Crippen molar-refractivity contribution in [2.75, 3.05) is 6.54 Å². The maximum absolute atomic E-state index is 11.7. The smallest absolute Gasteiger partial charge is 0.261 e. The fraction of sp³-hybridized carbons (Fsp3) is 0.308. The molecule has 0 saturated carbocycles. The van der Waals surface area contributed by atoms with Gasteiger partial charge in [0.2, 0.25) is 0 Å². The molecule has 1 unspecified atom stereocenters. The van der Waals surface area contributed by atoms with Crippen molar-refractivity contribution >= 4 is 37.8 Å². The Kier molecular flexibility index (Phi) is 6.54. The summed E-state index contributed by atoms with van der Waals surface area (Å²) in [7, 11) is 0. The number of amides is 1. The first kappa shape index (κ1) is 16.2. The first-order valence-electron chi connectivity index (χ1n) is 5.63. The normalized spacial score (nSPS) is 11.8. The molecule has 1 amide bonds. The third-order valence-corrected chi connectivity index (χ3v) is 3.50. The fourth-order valence-corrected chi connectivity index (χ4v) is 2.83. The van der Waals surface area contributed by atoms with E-state index >= 15 is 0 Å². The van der Waals surface area contributed by atoms with Crippen LogP contribution in [0, 0.1) is 0 Å². The summed E-state index contributed by atoms with van der Waals surface area (Å²) < 4.78 is 6.96. The maximum Gasteiger partial charge on any atom is 0.261 e. The Balaban J connectivity index is 2.82. The van der Waals surface area contributed by atoms with E-state index < -0.39 is 6.10 Å². The molecule has 0 heterocycles. The van der Waals surface area contributed by atoms with E-state index in [1.807, 2.05) is 0 Å². The van der Waals surface area contributed by atoms with Crippen molar-refractivity contribution in [2.24, 2.45) is 0 Å². The standard InChI is InChI=1S/C13H15Br2NO3/c1-3-4-16-13(18)8(2)19-12-10(14)5-9(7-17)6-11(12)15/h3,5-6,8,17H,1,4,7H2,2H3,(H,16,18). The average Bonchev–Trinajstić information content (AvgIpc) is 2.39. The lowest BCUT2D eigenvalue weighted by Gasteiger charge is -2.17. The van der Waals surface area contributed by atoms with E-state index in [1.54, 1.807) is 25.1 Å². The van der Waals surface area contributed by atoms with Crippen molar-refractivity contribution in [1.29, 1.82) is 0 Å². The van der Waals surface area contributed by atoms with Gasteiger partial charge in [-0.3, -0.25) is 4.79 Å². The molecule has 19 heavy (non-hydrogen) atoms. The highest BCUT2D eigenvalue weighted by molar-refractivity contribution is 9.11. The quantitative estimate of drug-likeness (QED) is 0.732. The van der Waals surface area contributed by atoms with Crippen LogP contribution < -0.4 is 10.1 Å². The van der Waals surface area contributed by atoms with Gasteiger partial charge in [0.05, 0.1) is 15.6 Å². The van der Waals surface area contributed by atoms with E-state index in [0.717, 1.165) is 5.56 Å². The Morgan fingerprint density at radius 2 is 2.11 bits per heavy atom. The summed E-state index contributed by atoms with van der Waals surface area (Å²) in [5.41, 5.74) is 0.745. The lowest BCUT2D eigenvalue weighted by atomic mass is 10.2. The second-order valence-corrected chi connectivity index (χ2v) is 5.55. The third-order valence-electron chi connectivity index (χ3n) is 2.33. The molecule has 0 fully saturated rings. The molecule has 2 N–H and O–H groups in total. The zero-order valence-corrected chi connectivity index (χ0v) is 13.6. The van der Waals surface area contributed by atoms with E-state index in [0.29, 0.717) is 21.2 Å². The van der Waals surface area contributed by atoms with E-state index in [2.05, 4.69) is 43.8 Å². The topological polar surface area (TPSA) is 58.6 Å². The number of nitrogens with one attached hydrogen (secondary N) is 1. The van der Waals surface area contributed by atoms with Crippen LogP contribution in [0.2, 0.25) is 0 Å². The summed E-state index contributed by atoms with van der Waals surface area (Å²) in [4.78, 5) is 11.7. The SMILES string of the molecule is C=CCNC(=O)C(C)Oc1c(Br)cc(CO)cc1Br. The minimum absolute atomic E-state index is 0.0626. The van der Waals surface area contributed by atoms with Crippen LogP contribution in [0.1, 0.15) is 12.5 Å². The van der Waals surface area contributed by atoms with E-state index in [9.17, 15) is 4.79 Å². The van der Waals surface area contributed by atoms with Gasteiger partial charge in [-0.05, 0) is 56.5 Å². The summed E-state index contributed by atoms with van der Waals surface area (Å²) >= 11 is 6.71. The number of carbonyl (C=O) groups excluding carboxylic acids is 1. The second kappa shape index (κ2) is 7.67. The van der Waals surface area contributed by atoms with Crippen molar-refractivity contribution in [3.05, 3.63) is 39.3 Å². The molecule has 1 aromatic rings. The number of hydrogen-bond donors (Lipinski definition) is 2. The van der Waals surface area contributed by atoms with Crippen LogP contribution in [-0.2, 0) is 11.4 Å². The van der Waals surface area contributed by atoms with Gasteiger partial charge >= 0.3 is 0 Å². The Bertz CT molecular complexity index is 454. The molecule has 0 aromatic heterocycles. The molecule has 0 bridgehead atoms. The number of carbonyl (C=O) groups is 1. The van der Waals surface area contributed by atoms with Crippen LogP contribution in [0.25, 0.3) is 0 Å². The predicted molar refractivity (Wildman–Crippen MR) is 81.1 cm³/mol. The van der Waals surface area contributed by atoms with E-state index in [-0.39, 0.29) is 12.5 Å². The monoisotopic (exact) mass is 391 g/mol. The Labute approximate surface area is 129 Å². The minimum Gasteiger partial charge on any atom is -0.479 e. The molecule has 0 spiro atoms. The van der Waals surface area contributed by atoms with Crippen LogP contribution in [0.3, 0.4) is 0 Å². The first-order valence-corrected chi connectivity index (χ1v) is 7.22. The van der Waals surface area contributed by atoms with Crippen molar-refractivity contribution in [2.45, 2.75) is 19.6 Å². The molecule has 6 heteroatoms. The molecule has 0 aliphatic heterocycles. The van der Waals surface area contributed by atoms with Gasteiger partial charge in [-0.1, -0.05) is 6.08 Å². The molecule has 1 atom stereocenters. The lowest BCUT2D eigenvalue weighted by Crippen LogP contribution is -2.36. The number of rotatable bonds is 6. The summed E-state index contributed by atoms with van der Waals surface area (Å²) in [6, 6.07) is 3.49. The third kappa shape index (κ3) is 4.63. The van der Waals surface area contributed by atoms with Crippen LogP contribution in [0.15, 0.2) is 33.7 Å². The number of halogens is 2. The zero-order valence-electron chi connectivity index (χ0n) is 10.5. The zero-order chi connectivity index (χ0) is 14.4. The molecule has 0 radical (unpaired) electrons. The molecule has 1 aromatic carbocycles. The highest BCUT2D eigenvalue weighted by Crippen LogP contribution is 2.35. The Morgan fingerprint density at radius 1 is 1.53 bits per heavy atom. The largest absolute Gasteiger partial charge is 0.479 e. The fourth-order valence-electron chi connectivity index (χ4n) is 1.36. The second-order valence-electron chi connectivity index (χ2n) is 3.84. The highest BCUT2D eigenvalue weighted by Gasteiger charge is 2.17. The molecule has 4 nitrogen and oxygen atoms in total. The van der Waals surface area contributed by atoms with Gasteiger partial charge in [-0.25, -0.2) is 0 Å². The molecular weight excluding hydrogens is 378 g/mol. The lowest BCUT2D eigenvalue weighted by molar-refractivity contribution is -0.127.